The molecule has 1 N–H and O–H groups in total. The van der Waals surface area contributed by atoms with Gasteiger partial charge in [0, 0.05) is 42.7 Å². The number of rotatable bonds is 7. The zero-order chi connectivity index (χ0) is 16.2. The second-order valence-electron chi connectivity index (χ2n) is 5.94. The third kappa shape index (κ3) is 4.54. The van der Waals surface area contributed by atoms with E-state index < -0.39 is 9.84 Å². The van der Waals surface area contributed by atoms with Gasteiger partial charge >= 0.3 is 0 Å². The Labute approximate surface area is 133 Å². The van der Waals surface area contributed by atoms with E-state index in [9.17, 15) is 8.42 Å². The molecule has 22 heavy (non-hydrogen) atoms. The normalized spacial score (nSPS) is 24.3. The minimum Gasteiger partial charge on any atom is -0.372 e. The van der Waals surface area contributed by atoms with E-state index in [-0.39, 0.29) is 29.7 Å². The summed E-state index contributed by atoms with van der Waals surface area (Å²) < 4.78 is 31.3. The smallest absolute Gasteiger partial charge is 0.151 e. The molecule has 1 saturated heterocycles. The summed E-state index contributed by atoms with van der Waals surface area (Å²) in [6.45, 7) is 7.23. The first-order valence-electron chi connectivity index (χ1n) is 8.05. The molecule has 1 aromatic heterocycles. The maximum absolute atomic E-state index is 11.8. The lowest BCUT2D eigenvalue weighted by atomic mass is 9.97. The summed E-state index contributed by atoms with van der Waals surface area (Å²) in [6, 6.07) is 0.0469. The second-order valence-corrected chi connectivity index (χ2v) is 8.33. The van der Waals surface area contributed by atoms with Gasteiger partial charge in [-0.3, -0.25) is 4.68 Å². The maximum Gasteiger partial charge on any atom is 0.151 e. The summed E-state index contributed by atoms with van der Waals surface area (Å²) in [7, 11) is -2.97. The molecule has 1 aromatic rings. The largest absolute Gasteiger partial charge is 0.372 e. The molecular weight excluding hydrogens is 302 g/mol. The molecule has 1 aliphatic heterocycles. The predicted octanol–water partition coefficient (Wildman–Crippen LogP) is 1.54. The second kappa shape index (κ2) is 7.57. The van der Waals surface area contributed by atoms with E-state index in [0.717, 1.165) is 31.6 Å². The van der Waals surface area contributed by atoms with Gasteiger partial charge in [-0.25, -0.2) is 8.42 Å². The average Bonchev–Trinajstić information content (AvgIpc) is 2.96. The number of nitrogens with zero attached hydrogens (tertiary/aromatic N) is 2. The van der Waals surface area contributed by atoms with Gasteiger partial charge < -0.3 is 10.1 Å². The number of aryl methyl sites for hydroxylation is 1. The van der Waals surface area contributed by atoms with E-state index in [1.54, 1.807) is 6.92 Å². The van der Waals surface area contributed by atoms with Crippen LogP contribution in [-0.2, 0) is 21.1 Å². The molecule has 0 spiro atoms. The van der Waals surface area contributed by atoms with Gasteiger partial charge in [0.15, 0.2) is 9.84 Å². The quantitative estimate of drug-likeness (QED) is 0.821. The fraction of sp³-hybridized carbons (Fsp3) is 0.800. The van der Waals surface area contributed by atoms with Crippen LogP contribution in [0.25, 0.3) is 0 Å². The highest BCUT2D eigenvalue weighted by atomic mass is 32.2. The molecule has 126 valence electrons. The highest BCUT2D eigenvalue weighted by Crippen LogP contribution is 2.28. The molecule has 1 aliphatic rings. The molecule has 1 unspecified atom stereocenters. The Morgan fingerprint density at radius 3 is 2.91 bits per heavy atom. The topological polar surface area (TPSA) is 73.2 Å². The van der Waals surface area contributed by atoms with Crippen LogP contribution in [0, 0.1) is 0 Å². The summed E-state index contributed by atoms with van der Waals surface area (Å²) in [4.78, 5) is 0. The van der Waals surface area contributed by atoms with Gasteiger partial charge in [-0.05, 0) is 26.7 Å². The molecule has 0 amide bonds. The van der Waals surface area contributed by atoms with Crippen LogP contribution in [0.15, 0.2) is 12.4 Å². The lowest BCUT2D eigenvalue weighted by Gasteiger charge is -2.34. The third-order valence-electron chi connectivity index (χ3n) is 4.07. The molecule has 2 heterocycles. The van der Waals surface area contributed by atoms with E-state index in [0.29, 0.717) is 0 Å². The van der Waals surface area contributed by atoms with Crippen molar-refractivity contribution in [3.05, 3.63) is 18.0 Å². The lowest BCUT2D eigenvalue weighted by Crippen LogP contribution is -2.46. The van der Waals surface area contributed by atoms with Crippen LogP contribution < -0.4 is 5.32 Å². The molecule has 0 saturated carbocycles. The minimum atomic E-state index is -2.97. The van der Waals surface area contributed by atoms with Crippen LogP contribution in [0.5, 0.6) is 0 Å². The first-order chi connectivity index (χ1) is 10.4. The van der Waals surface area contributed by atoms with Gasteiger partial charge in [0.25, 0.3) is 0 Å². The van der Waals surface area contributed by atoms with Crippen molar-refractivity contribution >= 4 is 9.84 Å². The molecule has 0 aromatic carbocycles. The molecule has 0 aliphatic carbocycles. The predicted molar refractivity (Wildman–Crippen MR) is 86.5 cm³/mol. The molecular formula is C15H27N3O3S. The molecule has 1 fully saturated rings. The van der Waals surface area contributed by atoms with Crippen molar-refractivity contribution in [2.45, 2.75) is 58.3 Å². The van der Waals surface area contributed by atoms with Crippen molar-refractivity contribution in [3.63, 3.8) is 0 Å². The summed E-state index contributed by atoms with van der Waals surface area (Å²) in [5.74, 6) is 0.355. The van der Waals surface area contributed by atoms with Crippen LogP contribution in [0.1, 0.15) is 45.3 Å². The van der Waals surface area contributed by atoms with Crippen molar-refractivity contribution in [2.24, 2.45) is 0 Å². The van der Waals surface area contributed by atoms with Crippen LogP contribution in [-0.4, -0.2) is 48.4 Å². The van der Waals surface area contributed by atoms with Crippen LogP contribution >= 0.6 is 0 Å². The van der Waals surface area contributed by atoms with Crippen LogP contribution in [0.2, 0.25) is 0 Å². The molecule has 0 radical (unpaired) electrons. The van der Waals surface area contributed by atoms with Crippen molar-refractivity contribution in [3.8, 4) is 0 Å². The number of hydrogen-bond donors (Lipinski definition) is 1. The number of ether oxygens (including phenoxy) is 1. The van der Waals surface area contributed by atoms with Gasteiger partial charge in [0.1, 0.15) is 6.10 Å². The van der Waals surface area contributed by atoms with Gasteiger partial charge in [-0.1, -0.05) is 6.92 Å². The standard InChI is InChI=1S/C15H27N3O3S/c1-4-18-10-13(9-16-18)15-14(7-6-8-21-15)17-12(3)11-22(19,20)5-2/h9-10,12,14-15,17H,4-8,11H2,1-3H3/t12?,14-,15+/m0/s1. The average molecular weight is 329 g/mol. The Morgan fingerprint density at radius 2 is 2.27 bits per heavy atom. The Bertz CT molecular complexity index is 570. The fourth-order valence-electron chi connectivity index (χ4n) is 2.89. The van der Waals surface area contributed by atoms with Crippen molar-refractivity contribution in [2.75, 3.05) is 18.1 Å². The molecule has 0 bridgehead atoms. The first-order valence-corrected chi connectivity index (χ1v) is 9.87. The minimum absolute atomic E-state index is 0.0548. The van der Waals surface area contributed by atoms with Crippen molar-refractivity contribution in [1.82, 2.24) is 15.1 Å². The molecule has 6 nitrogen and oxygen atoms in total. The number of nitrogens with one attached hydrogen (secondary N) is 1. The summed E-state index contributed by atoms with van der Waals surface area (Å²) in [6.07, 6.45) is 5.78. The highest BCUT2D eigenvalue weighted by molar-refractivity contribution is 7.91. The molecule has 7 heteroatoms. The van der Waals surface area contributed by atoms with E-state index in [4.69, 9.17) is 4.74 Å². The van der Waals surface area contributed by atoms with Gasteiger partial charge in [0.2, 0.25) is 0 Å². The maximum atomic E-state index is 11.8. The van der Waals surface area contributed by atoms with E-state index >= 15 is 0 Å². The van der Waals surface area contributed by atoms with E-state index in [1.165, 1.54) is 0 Å². The Hall–Kier alpha value is -0.920. The Balaban J connectivity index is 2.03. The number of sulfone groups is 1. The zero-order valence-electron chi connectivity index (χ0n) is 13.7. The molecule has 2 rings (SSSR count). The van der Waals surface area contributed by atoms with Crippen LogP contribution in [0.3, 0.4) is 0 Å². The van der Waals surface area contributed by atoms with Crippen molar-refractivity contribution in [1.29, 1.82) is 0 Å². The molecule has 3 atom stereocenters. The summed E-state index contributed by atoms with van der Waals surface area (Å²) >= 11 is 0. The number of hydrogen-bond acceptors (Lipinski definition) is 5. The zero-order valence-corrected chi connectivity index (χ0v) is 14.5. The monoisotopic (exact) mass is 329 g/mol. The fourth-order valence-corrected chi connectivity index (χ4v) is 3.99. The Morgan fingerprint density at radius 1 is 1.50 bits per heavy atom. The van der Waals surface area contributed by atoms with E-state index in [2.05, 4.69) is 10.4 Å². The van der Waals surface area contributed by atoms with Crippen LogP contribution in [0.4, 0.5) is 0 Å². The van der Waals surface area contributed by atoms with Gasteiger partial charge in [-0.2, -0.15) is 5.10 Å². The van der Waals surface area contributed by atoms with E-state index in [1.807, 2.05) is 30.9 Å². The third-order valence-corrected chi connectivity index (χ3v) is 5.96. The van der Waals surface area contributed by atoms with Crippen molar-refractivity contribution < 1.29 is 13.2 Å². The summed E-state index contributed by atoms with van der Waals surface area (Å²) in [5, 5.41) is 7.75. The van der Waals surface area contributed by atoms with Gasteiger partial charge in [0.05, 0.1) is 11.9 Å². The van der Waals surface area contributed by atoms with Gasteiger partial charge in [-0.15, -0.1) is 0 Å². The summed E-state index contributed by atoms with van der Waals surface area (Å²) in [5.41, 5.74) is 1.06. The lowest BCUT2D eigenvalue weighted by molar-refractivity contribution is -0.0127. The highest BCUT2D eigenvalue weighted by Gasteiger charge is 2.30. The number of aromatic nitrogens is 2. The first kappa shape index (κ1) is 17.4. The SMILES string of the molecule is CCn1cc([C@H]2OCCC[C@@H]2NC(C)CS(=O)(=O)CC)cn1. The Kier molecular flexibility index (Phi) is 6.00.